The number of benzene rings is 2. The van der Waals surface area contributed by atoms with Gasteiger partial charge in [-0.15, -0.1) is 0 Å². The van der Waals surface area contributed by atoms with Crippen molar-refractivity contribution in [3.05, 3.63) is 62.6 Å². The molecule has 0 fully saturated rings. The van der Waals surface area contributed by atoms with E-state index in [1.54, 1.807) is 0 Å². The van der Waals surface area contributed by atoms with Gasteiger partial charge < -0.3 is 4.90 Å². The third kappa shape index (κ3) is 4.73. The van der Waals surface area contributed by atoms with Gasteiger partial charge in [0.2, 0.25) is 0 Å². The Kier molecular flexibility index (Phi) is 6.09. The summed E-state index contributed by atoms with van der Waals surface area (Å²) in [6.45, 7) is 7.30. The van der Waals surface area contributed by atoms with Gasteiger partial charge >= 0.3 is 0 Å². The maximum absolute atomic E-state index is 6.11. The summed E-state index contributed by atoms with van der Waals surface area (Å²) in [5.74, 6) is 0. The average molecular weight is 349 g/mol. The predicted octanol–water partition coefficient (Wildman–Crippen LogP) is 5.81. The fraction of sp³-hybridized carbons (Fsp3) is 0.316. The molecule has 0 aliphatic heterocycles. The van der Waals surface area contributed by atoms with Crippen LogP contribution in [0.1, 0.15) is 29.2 Å². The van der Waals surface area contributed by atoms with Crippen LogP contribution < -0.4 is 0 Å². The number of aryl methyl sites for hydroxylation is 2. The lowest BCUT2D eigenvalue weighted by Gasteiger charge is -2.13. The third-order valence-corrected chi connectivity index (χ3v) is 4.69. The fourth-order valence-corrected chi connectivity index (χ4v) is 2.75. The molecule has 0 atom stereocenters. The van der Waals surface area contributed by atoms with E-state index in [4.69, 9.17) is 23.2 Å². The van der Waals surface area contributed by atoms with Crippen molar-refractivity contribution < 1.29 is 0 Å². The summed E-state index contributed by atoms with van der Waals surface area (Å²) in [5.41, 5.74) is 5.93. The molecular formula is C19H22Cl2N2. The van der Waals surface area contributed by atoms with E-state index in [0.29, 0.717) is 10.0 Å². The van der Waals surface area contributed by atoms with Gasteiger partial charge in [-0.1, -0.05) is 29.3 Å². The molecule has 2 aromatic rings. The Balaban J connectivity index is 2.26. The minimum absolute atomic E-state index is 0.591. The molecule has 0 amide bonds. The third-order valence-electron chi connectivity index (χ3n) is 3.95. The van der Waals surface area contributed by atoms with E-state index >= 15 is 0 Å². The highest BCUT2D eigenvalue weighted by Crippen LogP contribution is 2.27. The van der Waals surface area contributed by atoms with Crippen LogP contribution in [0.3, 0.4) is 0 Å². The number of hydrogen-bond donors (Lipinski definition) is 0. The Hall–Kier alpha value is -1.51. The van der Waals surface area contributed by atoms with Crippen molar-refractivity contribution >= 4 is 35.2 Å². The van der Waals surface area contributed by atoms with Crippen molar-refractivity contribution in [2.75, 3.05) is 13.6 Å². The average Bonchev–Trinajstić information content (AvgIpc) is 2.51. The van der Waals surface area contributed by atoms with E-state index < -0.39 is 0 Å². The van der Waals surface area contributed by atoms with Crippen LogP contribution in [0.4, 0.5) is 5.69 Å². The van der Waals surface area contributed by atoms with Crippen molar-refractivity contribution in [3.8, 4) is 0 Å². The summed E-state index contributed by atoms with van der Waals surface area (Å²) in [5, 5.41) is 1.19. The van der Waals surface area contributed by atoms with E-state index in [1.807, 2.05) is 36.5 Å². The summed E-state index contributed by atoms with van der Waals surface area (Å²) in [6, 6.07) is 10.1. The van der Waals surface area contributed by atoms with Crippen molar-refractivity contribution in [1.82, 2.24) is 4.90 Å². The van der Waals surface area contributed by atoms with E-state index in [0.717, 1.165) is 24.2 Å². The topological polar surface area (TPSA) is 15.6 Å². The Morgan fingerprint density at radius 2 is 1.70 bits per heavy atom. The van der Waals surface area contributed by atoms with Crippen LogP contribution in [0.15, 0.2) is 35.3 Å². The van der Waals surface area contributed by atoms with Crippen LogP contribution in [-0.2, 0) is 6.42 Å². The molecule has 0 saturated carbocycles. The quantitative estimate of drug-likeness (QED) is 0.491. The van der Waals surface area contributed by atoms with Gasteiger partial charge in [-0.25, -0.2) is 4.99 Å². The van der Waals surface area contributed by atoms with Crippen LogP contribution in [0.2, 0.25) is 10.0 Å². The largest absolute Gasteiger partial charge is 0.366 e. The summed E-state index contributed by atoms with van der Waals surface area (Å²) in [6.07, 6.45) is 2.71. The van der Waals surface area contributed by atoms with Crippen molar-refractivity contribution in [3.63, 3.8) is 0 Å². The molecule has 0 aliphatic carbocycles. The molecule has 0 bridgehead atoms. The van der Waals surface area contributed by atoms with Crippen LogP contribution in [0, 0.1) is 13.8 Å². The molecule has 0 N–H and O–H groups in total. The first-order valence-corrected chi connectivity index (χ1v) is 8.44. The molecule has 0 unspecified atom stereocenters. The lowest BCUT2D eigenvalue weighted by atomic mass is 9.95. The number of rotatable bonds is 5. The summed E-state index contributed by atoms with van der Waals surface area (Å²) in [4.78, 5) is 6.58. The zero-order chi connectivity index (χ0) is 17.0. The SMILES string of the molecule is CCN(C)C=Nc1cc(C)c(Cc2ccc(Cl)c(Cl)c2)c(C)c1. The minimum atomic E-state index is 0.591. The minimum Gasteiger partial charge on any atom is -0.366 e. The molecule has 2 aromatic carbocycles. The molecule has 4 heteroatoms. The molecule has 0 saturated heterocycles. The number of halogens is 2. The zero-order valence-corrected chi connectivity index (χ0v) is 15.5. The molecule has 0 heterocycles. The number of hydrogen-bond acceptors (Lipinski definition) is 1. The van der Waals surface area contributed by atoms with E-state index in [9.17, 15) is 0 Å². The fourth-order valence-electron chi connectivity index (χ4n) is 2.42. The predicted molar refractivity (Wildman–Crippen MR) is 102 cm³/mol. The Morgan fingerprint density at radius 3 is 2.26 bits per heavy atom. The summed E-state index contributed by atoms with van der Waals surface area (Å²) in [7, 11) is 2.02. The molecule has 0 spiro atoms. The van der Waals surface area contributed by atoms with Crippen molar-refractivity contribution in [1.29, 1.82) is 0 Å². The van der Waals surface area contributed by atoms with Crippen molar-refractivity contribution in [2.24, 2.45) is 4.99 Å². The van der Waals surface area contributed by atoms with Crippen molar-refractivity contribution in [2.45, 2.75) is 27.2 Å². The van der Waals surface area contributed by atoms with Gasteiger partial charge in [0.25, 0.3) is 0 Å². The highest BCUT2D eigenvalue weighted by atomic mass is 35.5. The number of nitrogens with zero attached hydrogens (tertiary/aromatic N) is 2. The maximum Gasteiger partial charge on any atom is 0.0909 e. The molecule has 0 radical (unpaired) electrons. The monoisotopic (exact) mass is 348 g/mol. The van der Waals surface area contributed by atoms with E-state index in [2.05, 4.69) is 37.9 Å². The maximum atomic E-state index is 6.11. The number of aliphatic imine (C=N–C) groups is 1. The van der Waals surface area contributed by atoms with Crippen LogP contribution in [0.5, 0.6) is 0 Å². The Labute approximate surface area is 148 Å². The lowest BCUT2D eigenvalue weighted by Crippen LogP contribution is -2.14. The van der Waals surface area contributed by atoms with Gasteiger partial charge in [-0.3, -0.25) is 0 Å². The molecular weight excluding hydrogens is 327 g/mol. The zero-order valence-electron chi connectivity index (χ0n) is 14.0. The lowest BCUT2D eigenvalue weighted by molar-refractivity contribution is 0.552. The van der Waals surface area contributed by atoms with E-state index in [-0.39, 0.29) is 0 Å². The summed E-state index contributed by atoms with van der Waals surface area (Å²) < 4.78 is 0. The molecule has 0 aromatic heterocycles. The summed E-state index contributed by atoms with van der Waals surface area (Å²) >= 11 is 12.1. The second-order valence-corrected chi connectivity index (χ2v) is 6.62. The normalized spacial score (nSPS) is 11.2. The molecule has 2 rings (SSSR count). The molecule has 0 aliphatic rings. The van der Waals surface area contributed by atoms with Gasteiger partial charge in [-0.05, 0) is 73.7 Å². The molecule has 2 nitrogen and oxygen atoms in total. The standard InChI is InChI=1S/C19H22Cl2N2/c1-5-23(4)12-22-16-8-13(2)17(14(3)9-16)10-15-6-7-18(20)19(21)11-15/h6-9,11-12H,5,10H2,1-4H3. The van der Waals surface area contributed by atoms with Gasteiger partial charge in [0.05, 0.1) is 22.1 Å². The Bertz CT molecular complexity index is 700. The highest BCUT2D eigenvalue weighted by molar-refractivity contribution is 6.42. The second-order valence-electron chi connectivity index (χ2n) is 5.80. The first-order valence-electron chi connectivity index (χ1n) is 7.69. The van der Waals surface area contributed by atoms with Gasteiger partial charge in [0.1, 0.15) is 0 Å². The van der Waals surface area contributed by atoms with Crippen LogP contribution in [-0.4, -0.2) is 24.8 Å². The first kappa shape index (κ1) is 17.8. The smallest absolute Gasteiger partial charge is 0.0909 e. The molecule has 122 valence electrons. The van der Waals surface area contributed by atoms with E-state index in [1.165, 1.54) is 16.7 Å². The van der Waals surface area contributed by atoms with Crippen LogP contribution >= 0.6 is 23.2 Å². The Morgan fingerprint density at radius 1 is 1.04 bits per heavy atom. The highest BCUT2D eigenvalue weighted by Gasteiger charge is 2.08. The first-order chi connectivity index (χ1) is 10.9. The van der Waals surface area contributed by atoms with Crippen LogP contribution in [0.25, 0.3) is 0 Å². The van der Waals surface area contributed by atoms with Gasteiger partial charge in [-0.2, -0.15) is 0 Å². The van der Waals surface area contributed by atoms with Gasteiger partial charge in [0.15, 0.2) is 0 Å². The second kappa shape index (κ2) is 7.85. The van der Waals surface area contributed by atoms with Gasteiger partial charge in [0, 0.05) is 13.6 Å². The molecule has 23 heavy (non-hydrogen) atoms.